The van der Waals surface area contributed by atoms with Gasteiger partial charge in [-0.25, -0.2) is 0 Å². The summed E-state index contributed by atoms with van der Waals surface area (Å²) in [5, 5.41) is 12.5. The van der Waals surface area contributed by atoms with Crippen molar-refractivity contribution in [1.82, 2.24) is 0 Å². The van der Waals surface area contributed by atoms with Gasteiger partial charge in [-0.1, -0.05) is 0 Å². The van der Waals surface area contributed by atoms with E-state index in [1.54, 1.807) is 0 Å². The molecule has 0 aliphatic carbocycles. The Hall–Kier alpha value is -0.566. The summed E-state index contributed by atoms with van der Waals surface area (Å²) in [6, 6.07) is 0. The van der Waals surface area contributed by atoms with Gasteiger partial charge in [-0.05, 0) is 0 Å². The van der Waals surface area contributed by atoms with Crippen LogP contribution in [-0.2, 0) is 15.7 Å². The quantitative estimate of drug-likeness (QED) is 0.355. The standard InChI is InChI=1S/2CN.H2N.Ni/c2*1-2;;/h;;1H2;/q3*-1;+3. The second kappa shape index (κ2) is 163. The van der Waals surface area contributed by atoms with Crippen molar-refractivity contribution in [2.75, 3.05) is 0 Å². The van der Waals surface area contributed by atoms with Crippen molar-refractivity contribution >= 4 is 0 Å². The summed E-state index contributed by atoms with van der Waals surface area (Å²) in [7, 11) is 0. The molecule has 6 heavy (non-hydrogen) atoms. The Balaban J connectivity index is -0.0000000225. The molecular formula is C2H2N3Ni. The molecule has 0 aliphatic rings. The van der Waals surface area contributed by atoms with Crippen molar-refractivity contribution < 1.29 is 15.7 Å². The van der Waals surface area contributed by atoms with Gasteiger partial charge in [0.2, 0.25) is 0 Å². The predicted octanol–water partition coefficient (Wildman–Crippen LogP) is -0.400. The third kappa shape index (κ3) is 63.4. The van der Waals surface area contributed by atoms with Crippen LogP contribution in [0, 0.1) is 23.7 Å². The van der Waals surface area contributed by atoms with Crippen molar-refractivity contribution in [2.24, 2.45) is 4.81 Å². The third-order valence-corrected chi connectivity index (χ3v) is 0. The monoisotopic (exact) mass is 126 g/mol. The molecule has 0 saturated heterocycles. The summed E-state index contributed by atoms with van der Waals surface area (Å²) >= 11 is 3.38. The zero-order chi connectivity index (χ0) is 6.00. The van der Waals surface area contributed by atoms with E-state index in [0.717, 1.165) is 0 Å². The second-order valence-electron chi connectivity index (χ2n) is 0. The SMILES string of the molecule is [C-]#N.[C-]#N.[NH2][Ni+2]. The van der Waals surface area contributed by atoms with Crippen molar-refractivity contribution in [3.05, 3.63) is 13.1 Å². The van der Waals surface area contributed by atoms with Crippen LogP contribution in [-0.4, -0.2) is 0 Å². The Bertz CT molecular complexity index is 24.3. The van der Waals surface area contributed by atoms with E-state index < -0.39 is 0 Å². The molecule has 0 atom stereocenters. The van der Waals surface area contributed by atoms with Crippen molar-refractivity contribution in [1.29, 1.82) is 10.5 Å². The molecule has 4 heteroatoms. The Kier molecular flexibility index (Phi) is 490. The summed E-state index contributed by atoms with van der Waals surface area (Å²) in [5.41, 5.74) is 0. The van der Waals surface area contributed by atoms with Crippen molar-refractivity contribution in [2.45, 2.75) is 0 Å². The van der Waals surface area contributed by atoms with Gasteiger partial charge in [-0.3, -0.25) is 0 Å². The first-order valence-electron chi connectivity index (χ1n) is 0.630. The molecule has 0 saturated carbocycles. The summed E-state index contributed by atoms with van der Waals surface area (Å²) in [4.78, 5) is 4.12. The van der Waals surface area contributed by atoms with Crippen molar-refractivity contribution in [3.63, 3.8) is 0 Å². The van der Waals surface area contributed by atoms with Crippen molar-refractivity contribution in [3.8, 4) is 0 Å². The molecule has 0 heterocycles. The Morgan fingerprint density at radius 3 is 1.00 bits per heavy atom. The van der Waals surface area contributed by atoms with Crippen LogP contribution in [0.5, 0.6) is 0 Å². The van der Waals surface area contributed by atoms with Crippen LogP contribution in [0.1, 0.15) is 0 Å². The molecule has 0 fully saturated rings. The fourth-order valence-electron chi connectivity index (χ4n) is 0. The van der Waals surface area contributed by atoms with Gasteiger partial charge < -0.3 is 23.7 Å². The van der Waals surface area contributed by atoms with Crippen LogP contribution in [0.15, 0.2) is 0 Å². The molecule has 0 rings (SSSR count). The summed E-state index contributed by atoms with van der Waals surface area (Å²) in [6.45, 7) is 9.50. The van der Waals surface area contributed by atoms with Gasteiger partial charge in [0.15, 0.2) is 0 Å². The van der Waals surface area contributed by atoms with E-state index in [1.807, 2.05) is 0 Å². The number of nitrogens with two attached hydrogens (primary N) is 1. The van der Waals surface area contributed by atoms with E-state index in [1.165, 1.54) is 0 Å². The predicted molar refractivity (Wildman–Crippen MR) is 14.1 cm³/mol. The molecule has 3 nitrogen and oxygen atoms in total. The molecular weight excluding hydrogens is 125 g/mol. The first kappa shape index (κ1) is 18.0. The zero-order valence-electron chi connectivity index (χ0n) is 2.79. The molecule has 0 radical (unpaired) electrons. The Morgan fingerprint density at radius 2 is 1.00 bits per heavy atom. The molecule has 0 aromatic heterocycles. The van der Waals surface area contributed by atoms with Gasteiger partial charge in [-0.15, -0.1) is 0 Å². The normalized spacial score (nSPS) is 1.67. The van der Waals surface area contributed by atoms with Gasteiger partial charge in [-0.2, -0.15) is 0 Å². The maximum atomic E-state index is 6.25. The van der Waals surface area contributed by atoms with Crippen LogP contribution in [0.25, 0.3) is 0 Å². The fourth-order valence-corrected chi connectivity index (χ4v) is 0. The molecule has 0 aliphatic heterocycles. The third-order valence-electron chi connectivity index (χ3n) is 0. The van der Waals surface area contributed by atoms with Gasteiger partial charge in [0.1, 0.15) is 0 Å². The minimum absolute atomic E-state index is 3.38. The summed E-state index contributed by atoms with van der Waals surface area (Å²) in [5.74, 6) is 0. The minimum atomic E-state index is 3.38. The topological polar surface area (TPSA) is 73.6 Å². The summed E-state index contributed by atoms with van der Waals surface area (Å²) in [6.07, 6.45) is 0. The number of rotatable bonds is 0. The molecule has 0 unspecified atom stereocenters. The Morgan fingerprint density at radius 1 is 1.00 bits per heavy atom. The molecule has 0 spiro atoms. The molecule has 0 amide bonds. The van der Waals surface area contributed by atoms with Gasteiger partial charge in [0, 0.05) is 0 Å². The Labute approximate surface area is 44.9 Å². The molecule has 2 N–H and O–H groups in total. The maximum absolute atomic E-state index is 6.25. The first-order valence-corrected chi connectivity index (χ1v) is 1.20. The number of hydrogen-bond acceptors (Lipinski definition) is 3. The van der Waals surface area contributed by atoms with Gasteiger partial charge >= 0.3 is 20.5 Å². The van der Waals surface area contributed by atoms with Crippen LogP contribution >= 0.6 is 0 Å². The van der Waals surface area contributed by atoms with E-state index in [-0.39, 0.29) is 0 Å². The van der Waals surface area contributed by atoms with E-state index in [4.69, 9.17) is 23.7 Å². The van der Waals surface area contributed by atoms with E-state index in [2.05, 4.69) is 20.5 Å². The summed E-state index contributed by atoms with van der Waals surface area (Å²) < 4.78 is 0. The van der Waals surface area contributed by atoms with Crippen LogP contribution < -0.4 is 4.81 Å². The number of hydrogen-bond donors (Lipinski definition) is 1. The first-order chi connectivity index (χ1) is 3.00. The van der Waals surface area contributed by atoms with E-state index >= 15 is 0 Å². The van der Waals surface area contributed by atoms with E-state index in [0.29, 0.717) is 0 Å². The molecule has 35 valence electrons. The van der Waals surface area contributed by atoms with Gasteiger partial charge in [0.05, 0.1) is 0 Å². The average molecular weight is 127 g/mol. The zero-order valence-corrected chi connectivity index (χ0v) is 3.78. The molecule has 0 aromatic carbocycles. The van der Waals surface area contributed by atoms with Gasteiger partial charge in [0.25, 0.3) is 0 Å². The van der Waals surface area contributed by atoms with Crippen LogP contribution in [0.3, 0.4) is 0 Å². The van der Waals surface area contributed by atoms with Crippen LogP contribution in [0.4, 0.5) is 0 Å². The second-order valence-corrected chi connectivity index (χ2v) is 0. The molecule has 0 aromatic rings. The number of nitrogens with zero attached hydrogens (tertiary/aromatic N) is 2. The van der Waals surface area contributed by atoms with Crippen LogP contribution in [0.2, 0.25) is 0 Å². The fraction of sp³-hybridized carbons (Fsp3) is 0. The van der Waals surface area contributed by atoms with E-state index in [9.17, 15) is 0 Å². The average Bonchev–Trinajstić information content (AvgIpc) is 1.81. The molecule has 0 bridgehead atoms.